The maximum Gasteiger partial charge on any atom is 0.160 e. The van der Waals surface area contributed by atoms with Crippen molar-refractivity contribution in [1.29, 1.82) is 0 Å². The Morgan fingerprint density at radius 3 is 2.97 bits per heavy atom. The number of nitrogens with one attached hydrogen (secondary N) is 1. The number of nitrogens with zero attached hydrogens (tertiary/aromatic N) is 3. The highest BCUT2D eigenvalue weighted by Gasteiger charge is 2.20. The summed E-state index contributed by atoms with van der Waals surface area (Å²) >= 11 is 3.03. The summed E-state index contributed by atoms with van der Waals surface area (Å²) in [5.74, 6) is 0.921. The average Bonchev–Trinajstić information content (AvgIpc) is 3.39. The lowest BCUT2D eigenvalue weighted by molar-refractivity contribution is 0.112. The molecule has 3 N–H and O–H groups in total. The largest absolute Gasteiger partial charge is 0.355 e. The van der Waals surface area contributed by atoms with Crippen molar-refractivity contribution in [2.24, 2.45) is 5.73 Å². The number of hydrogen-bond acceptors (Lipinski definition) is 8. The lowest BCUT2D eigenvalue weighted by Crippen LogP contribution is -2.40. The molecule has 0 bridgehead atoms. The Bertz CT molecular complexity index is 1000. The first-order valence-electron chi connectivity index (χ1n) is 9.52. The van der Waals surface area contributed by atoms with Gasteiger partial charge in [0.05, 0.1) is 27.0 Å². The summed E-state index contributed by atoms with van der Waals surface area (Å²) in [5.41, 5.74) is 9.51. The molecule has 1 aliphatic rings. The van der Waals surface area contributed by atoms with Gasteiger partial charge in [-0.25, -0.2) is 9.97 Å². The molecule has 8 heteroatoms. The van der Waals surface area contributed by atoms with E-state index in [1.54, 1.807) is 11.3 Å². The number of anilines is 2. The second-order valence-electron chi connectivity index (χ2n) is 7.03. The zero-order chi connectivity index (χ0) is 20.2. The first-order chi connectivity index (χ1) is 14.1. The maximum absolute atomic E-state index is 11.1. The predicted molar refractivity (Wildman–Crippen MR) is 121 cm³/mol. The molecule has 29 heavy (non-hydrogen) atoms. The van der Waals surface area contributed by atoms with Crippen molar-refractivity contribution in [2.45, 2.75) is 25.3 Å². The third-order valence-corrected chi connectivity index (χ3v) is 6.74. The zero-order valence-corrected chi connectivity index (χ0v) is 17.6. The molecule has 4 heterocycles. The number of piperidine rings is 1. The van der Waals surface area contributed by atoms with Crippen LogP contribution in [0.1, 0.15) is 38.8 Å². The van der Waals surface area contributed by atoms with Crippen molar-refractivity contribution in [1.82, 2.24) is 9.97 Å². The number of rotatable bonds is 7. The summed E-state index contributed by atoms with van der Waals surface area (Å²) in [7, 11) is 0. The topological polar surface area (TPSA) is 84.1 Å². The minimum atomic E-state index is 0.276. The van der Waals surface area contributed by atoms with Gasteiger partial charge in [-0.2, -0.15) is 0 Å². The van der Waals surface area contributed by atoms with E-state index >= 15 is 0 Å². The van der Waals surface area contributed by atoms with Gasteiger partial charge in [0.2, 0.25) is 0 Å². The van der Waals surface area contributed by atoms with Crippen LogP contribution in [0.5, 0.6) is 0 Å². The van der Waals surface area contributed by atoms with Crippen LogP contribution in [0.25, 0.3) is 5.70 Å². The molecule has 0 amide bonds. The Balaban J connectivity index is 1.46. The van der Waals surface area contributed by atoms with Crippen LogP contribution in [0.15, 0.2) is 41.7 Å². The van der Waals surface area contributed by atoms with E-state index in [1.807, 2.05) is 35.2 Å². The van der Waals surface area contributed by atoms with Crippen LogP contribution >= 0.6 is 22.7 Å². The van der Waals surface area contributed by atoms with E-state index in [4.69, 9.17) is 10.7 Å². The average molecular weight is 426 g/mol. The van der Waals surface area contributed by atoms with E-state index in [9.17, 15) is 4.79 Å². The quantitative estimate of drug-likeness (QED) is 0.557. The summed E-state index contributed by atoms with van der Waals surface area (Å²) in [6, 6.07) is 6.18. The fourth-order valence-corrected chi connectivity index (χ4v) is 4.93. The van der Waals surface area contributed by atoms with E-state index < -0.39 is 0 Å². The number of carbonyl (C=O) groups excluding carboxylic acids is 1. The fraction of sp³-hybridized carbons (Fsp3) is 0.286. The Kier molecular flexibility index (Phi) is 6.03. The van der Waals surface area contributed by atoms with E-state index in [1.165, 1.54) is 11.3 Å². The van der Waals surface area contributed by atoms with Crippen LogP contribution in [0.3, 0.4) is 0 Å². The Hall–Kier alpha value is -2.55. The third-order valence-electron chi connectivity index (χ3n) is 5.00. The van der Waals surface area contributed by atoms with Crippen molar-refractivity contribution in [3.8, 4) is 0 Å². The summed E-state index contributed by atoms with van der Waals surface area (Å²) < 4.78 is 0. The monoisotopic (exact) mass is 425 g/mol. The number of aldehydes is 1. The first kappa shape index (κ1) is 19.8. The van der Waals surface area contributed by atoms with Crippen molar-refractivity contribution >= 4 is 46.2 Å². The van der Waals surface area contributed by atoms with Gasteiger partial charge in [0.15, 0.2) is 12.1 Å². The molecule has 0 saturated carbocycles. The minimum absolute atomic E-state index is 0.276. The minimum Gasteiger partial charge on any atom is -0.355 e. The highest BCUT2D eigenvalue weighted by atomic mass is 32.1. The molecule has 3 aromatic rings. The zero-order valence-electron chi connectivity index (χ0n) is 16.0. The lowest BCUT2D eigenvalue weighted by atomic mass is 10.1. The summed E-state index contributed by atoms with van der Waals surface area (Å²) in [5, 5.41) is 8.28. The van der Waals surface area contributed by atoms with E-state index in [2.05, 4.69) is 21.8 Å². The van der Waals surface area contributed by atoms with Crippen LogP contribution in [0, 0.1) is 0 Å². The van der Waals surface area contributed by atoms with Crippen LogP contribution < -0.4 is 16.0 Å². The normalized spacial score (nSPS) is 14.7. The number of pyridine rings is 1. The van der Waals surface area contributed by atoms with Gasteiger partial charge < -0.3 is 16.0 Å². The molecule has 0 spiro atoms. The molecule has 1 aliphatic heterocycles. The summed E-state index contributed by atoms with van der Waals surface area (Å²) in [6.45, 7) is 5.98. The van der Waals surface area contributed by atoms with E-state index in [-0.39, 0.29) is 6.04 Å². The maximum atomic E-state index is 11.1. The number of carbonyl (C=O) groups is 1. The van der Waals surface area contributed by atoms with Gasteiger partial charge in [0, 0.05) is 37.1 Å². The molecular weight excluding hydrogens is 402 g/mol. The second kappa shape index (κ2) is 8.86. The molecule has 3 aromatic heterocycles. The van der Waals surface area contributed by atoms with Gasteiger partial charge in [-0.1, -0.05) is 6.58 Å². The molecule has 1 saturated heterocycles. The molecule has 1 fully saturated rings. The van der Waals surface area contributed by atoms with Crippen molar-refractivity contribution in [3.63, 3.8) is 0 Å². The SMILES string of the molecule is C=C(Nc1cccnc1N1CCC(N)CC1)c1csc(Cc2ccsc2C=O)n1. The van der Waals surface area contributed by atoms with Gasteiger partial charge in [0.1, 0.15) is 0 Å². The standard InChI is InChI=1S/C21H23N5OS2/c1-14(18-13-29-20(25-18)11-15-6-10-28-19(15)12-27)24-17-3-2-7-23-21(17)26-8-4-16(22)5-9-26/h2-3,6-7,10,12-13,16,24H,1,4-5,8-9,11,22H2. The highest BCUT2D eigenvalue weighted by Crippen LogP contribution is 2.29. The molecule has 0 unspecified atom stereocenters. The van der Waals surface area contributed by atoms with Crippen LogP contribution in [0.4, 0.5) is 11.5 Å². The third kappa shape index (κ3) is 4.55. The van der Waals surface area contributed by atoms with Crippen molar-refractivity contribution < 1.29 is 4.79 Å². The number of thiophene rings is 1. The first-order valence-corrected chi connectivity index (χ1v) is 11.3. The van der Waals surface area contributed by atoms with Gasteiger partial charge in [0.25, 0.3) is 0 Å². The second-order valence-corrected chi connectivity index (χ2v) is 8.92. The van der Waals surface area contributed by atoms with Crippen LogP contribution in [-0.2, 0) is 6.42 Å². The lowest BCUT2D eigenvalue weighted by Gasteiger charge is -2.32. The fourth-order valence-electron chi connectivity index (χ4n) is 3.37. The molecule has 0 aliphatic carbocycles. The molecule has 4 rings (SSSR count). The van der Waals surface area contributed by atoms with Gasteiger partial charge >= 0.3 is 0 Å². The molecule has 0 radical (unpaired) electrons. The predicted octanol–water partition coefficient (Wildman–Crippen LogP) is 4.01. The van der Waals surface area contributed by atoms with E-state index in [0.717, 1.165) is 70.6 Å². The number of nitrogens with two attached hydrogens (primary N) is 1. The van der Waals surface area contributed by atoms with Gasteiger partial charge in [-0.3, -0.25) is 4.79 Å². The molecule has 6 nitrogen and oxygen atoms in total. The molecular formula is C21H23N5OS2. The number of thiazole rings is 1. The van der Waals surface area contributed by atoms with Crippen molar-refractivity contribution in [2.75, 3.05) is 23.3 Å². The van der Waals surface area contributed by atoms with Crippen LogP contribution in [0.2, 0.25) is 0 Å². The highest BCUT2D eigenvalue weighted by molar-refractivity contribution is 7.12. The van der Waals surface area contributed by atoms with Crippen LogP contribution in [-0.4, -0.2) is 35.4 Å². The van der Waals surface area contributed by atoms with Crippen molar-refractivity contribution in [3.05, 3.63) is 62.9 Å². The Morgan fingerprint density at radius 1 is 1.34 bits per heavy atom. The van der Waals surface area contributed by atoms with E-state index in [0.29, 0.717) is 6.42 Å². The molecule has 150 valence electrons. The summed E-state index contributed by atoms with van der Waals surface area (Å²) in [4.78, 5) is 23.4. The Morgan fingerprint density at radius 2 is 2.17 bits per heavy atom. The number of hydrogen-bond donors (Lipinski definition) is 2. The smallest absolute Gasteiger partial charge is 0.160 e. The summed E-state index contributed by atoms with van der Waals surface area (Å²) in [6.07, 6.45) is 5.31. The molecule has 0 aromatic carbocycles. The van der Waals surface area contributed by atoms with Gasteiger partial charge in [-0.05, 0) is 42.0 Å². The van der Waals surface area contributed by atoms with Gasteiger partial charge in [-0.15, -0.1) is 22.7 Å². The molecule has 0 atom stereocenters. The number of aromatic nitrogens is 2. The Labute approximate surface area is 178 Å².